The number of carbonyl (C=O) groups is 1. The molecule has 0 N–H and O–H groups in total. The van der Waals surface area contributed by atoms with Gasteiger partial charge in [0.2, 0.25) is 0 Å². The lowest BCUT2D eigenvalue weighted by atomic mass is 10.1. The van der Waals surface area contributed by atoms with Crippen LogP contribution in [0.5, 0.6) is 0 Å². The Hall–Kier alpha value is -1.82. The zero-order chi connectivity index (χ0) is 11.4. The Labute approximate surface area is 88.7 Å². The van der Waals surface area contributed by atoms with Crippen molar-refractivity contribution in [1.82, 2.24) is 4.90 Å². The lowest BCUT2D eigenvalue weighted by Gasteiger charge is -2.14. The van der Waals surface area contributed by atoms with Crippen LogP contribution in [0.3, 0.4) is 0 Å². The normalized spacial score (nSPS) is 9.47. The van der Waals surface area contributed by atoms with Gasteiger partial charge in [0.1, 0.15) is 5.82 Å². The predicted molar refractivity (Wildman–Crippen MR) is 56.9 cm³/mol. The minimum atomic E-state index is -0.410. The second-order valence-corrected chi connectivity index (χ2v) is 3.38. The minimum absolute atomic E-state index is 0.217. The van der Waals surface area contributed by atoms with E-state index in [2.05, 4.69) is 5.92 Å². The zero-order valence-electron chi connectivity index (χ0n) is 8.75. The predicted octanol–water partition coefficient (Wildman–Crippen LogP) is 1.84. The summed E-state index contributed by atoms with van der Waals surface area (Å²) in [5.41, 5.74) is 1.04. The van der Waals surface area contributed by atoms with Gasteiger partial charge in [0.15, 0.2) is 0 Å². The molecule has 3 heteroatoms. The van der Waals surface area contributed by atoms with Crippen LogP contribution in [0.25, 0.3) is 0 Å². The number of carbonyl (C=O) groups excluding carboxylic acids is 1. The summed E-state index contributed by atoms with van der Waals surface area (Å²) in [4.78, 5) is 13.1. The van der Waals surface area contributed by atoms with E-state index in [1.165, 1.54) is 17.0 Å². The van der Waals surface area contributed by atoms with Gasteiger partial charge in [-0.1, -0.05) is 5.92 Å². The van der Waals surface area contributed by atoms with Gasteiger partial charge >= 0.3 is 0 Å². The van der Waals surface area contributed by atoms with E-state index in [4.69, 9.17) is 6.42 Å². The third kappa shape index (κ3) is 2.81. The quantitative estimate of drug-likeness (QED) is 0.675. The molecule has 2 nitrogen and oxygen atoms in total. The standard InChI is InChI=1S/C12H12FNO/c1-4-5-14(3)12(15)10-6-9(2)7-11(13)8-10/h1,6-8H,5H2,2-3H3. The number of terminal acetylenes is 1. The van der Waals surface area contributed by atoms with E-state index < -0.39 is 5.82 Å². The molecular formula is C12H12FNO. The maximum atomic E-state index is 13.0. The van der Waals surface area contributed by atoms with Gasteiger partial charge in [-0.15, -0.1) is 6.42 Å². The first-order chi connectivity index (χ1) is 7.04. The fourth-order valence-electron chi connectivity index (χ4n) is 1.29. The molecule has 1 rings (SSSR count). The molecule has 1 amide bonds. The van der Waals surface area contributed by atoms with Gasteiger partial charge < -0.3 is 4.90 Å². The van der Waals surface area contributed by atoms with Crippen molar-refractivity contribution >= 4 is 5.91 Å². The lowest BCUT2D eigenvalue weighted by Crippen LogP contribution is -2.27. The summed E-state index contributed by atoms with van der Waals surface area (Å²) in [6, 6.07) is 4.22. The Morgan fingerprint density at radius 3 is 2.73 bits per heavy atom. The Balaban J connectivity index is 2.97. The summed E-state index contributed by atoms with van der Waals surface area (Å²) in [6.07, 6.45) is 5.09. The maximum absolute atomic E-state index is 13.0. The van der Waals surface area contributed by atoms with Gasteiger partial charge in [-0.3, -0.25) is 4.79 Å². The van der Waals surface area contributed by atoms with Crippen molar-refractivity contribution in [1.29, 1.82) is 0 Å². The third-order valence-corrected chi connectivity index (χ3v) is 1.96. The average molecular weight is 205 g/mol. The SMILES string of the molecule is C#CCN(C)C(=O)c1cc(C)cc(F)c1. The van der Waals surface area contributed by atoms with E-state index >= 15 is 0 Å². The van der Waals surface area contributed by atoms with Gasteiger partial charge in [0.05, 0.1) is 6.54 Å². The van der Waals surface area contributed by atoms with Crippen molar-refractivity contribution in [3.63, 3.8) is 0 Å². The smallest absolute Gasteiger partial charge is 0.254 e. The molecule has 0 unspecified atom stereocenters. The fourth-order valence-corrected chi connectivity index (χ4v) is 1.29. The maximum Gasteiger partial charge on any atom is 0.254 e. The van der Waals surface area contributed by atoms with Gasteiger partial charge in [-0.2, -0.15) is 0 Å². The molecule has 0 radical (unpaired) electrons. The molecule has 0 aliphatic heterocycles. The topological polar surface area (TPSA) is 20.3 Å². The number of halogens is 1. The van der Waals surface area contributed by atoms with E-state index in [1.807, 2.05) is 0 Å². The van der Waals surface area contributed by atoms with E-state index in [-0.39, 0.29) is 12.5 Å². The zero-order valence-corrected chi connectivity index (χ0v) is 8.75. The van der Waals surface area contributed by atoms with E-state index in [1.54, 1.807) is 20.0 Å². The molecule has 78 valence electrons. The van der Waals surface area contributed by atoms with E-state index in [0.717, 1.165) is 0 Å². The first kappa shape index (κ1) is 11.3. The summed E-state index contributed by atoms with van der Waals surface area (Å²) in [5, 5.41) is 0. The Morgan fingerprint density at radius 2 is 2.20 bits per heavy atom. The molecule has 1 aromatic rings. The van der Waals surface area contributed by atoms with Crippen LogP contribution in [0.1, 0.15) is 15.9 Å². The van der Waals surface area contributed by atoms with Crippen molar-refractivity contribution in [2.45, 2.75) is 6.92 Å². The van der Waals surface area contributed by atoms with Crippen LogP contribution >= 0.6 is 0 Å². The second kappa shape index (κ2) is 4.61. The van der Waals surface area contributed by atoms with Crippen LogP contribution < -0.4 is 0 Å². The van der Waals surface area contributed by atoms with E-state index in [9.17, 15) is 9.18 Å². The molecule has 0 saturated heterocycles. The van der Waals surface area contributed by atoms with Crippen LogP contribution in [0.2, 0.25) is 0 Å². The number of rotatable bonds is 2. The number of hydrogen-bond acceptors (Lipinski definition) is 1. The minimum Gasteiger partial charge on any atom is -0.331 e. The lowest BCUT2D eigenvalue weighted by molar-refractivity contribution is 0.0812. The highest BCUT2D eigenvalue weighted by Gasteiger charge is 2.11. The first-order valence-corrected chi connectivity index (χ1v) is 4.50. The van der Waals surface area contributed by atoms with E-state index in [0.29, 0.717) is 11.1 Å². The number of benzene rings is 1. The molecule has 0 atom stereocenters. The average Bonchev–Trinajstić information content (AvgIpc) is 2.15. The van der Waals surface area contributed by atoms with Gasteiger partial charge in [-0.25, -0.2) is 4.39 Å². The molecule has 15 heavy (non-hydrogen) atoms. The van der Waals surface area contributed by atoms with Crippen LogP contribution in [-0.4, -0.2) is 24.4 Å². The summed E-state index contributed by atoms with van der Waals surface area (Å²) in [7, 11) is 1.59. The molecular weight excluding hydrogens is 193 g/mol. The molecule has 0 spiro atoms. The van der Waals surface area contributed by atoms with Crippen LogP contribution in [-0.2, 0) is 0 Å². The summed E-state index contributed by atoms with van der Waals surface area (Å²) >= 11 is 0. The summed E-state index contributed by atoms with van der Waals surface area (Å²) in [6.45, 7) is 1.95. The highest BCUT2D eigenvalue weighted by molar-refractivity contribution is 5.94. The van der Waals surface area contributed by atoms with Crippen LogP contribution in [0.15, 0.2) is 18.2 Å². The molecule has 0 bridgehead atoms. The second-order valence-electron chi connectivity index (χ2n) is 3.38. The highest BCUT2D eigenvalue weighted by Crippen LogP contribution is 2.10. The Morgan fingerprint density at radius 1 is 1.53 bits per heavy atom. The van der Waals surface area contributed by atoms with Crippen molar-refractivity contribution in [2.75, 3.05) is 13.6 Å². The number of hydrogen-bond donors (Lipinski definition) is 0. The molecule has 0 aliphatic carbocycles. The number of aryl methyl sites for hydroxylation is 1. The highest BCUT2D eigenvalue weighted by atomic mass is 19.1. The molecule has 0 aromatic heterocycles. The van der Waals surface area contributed by atoms with Gasteiger partial charge in [0.25, 0.3) is 5.91 Å². The van der Waals surface area contributed by atoms with Crippen molar-refractivity contribution in [2.24, 2.45) is 0 Å². The Kier molecular flexibility index (Phi) is 3.46. The third-order valence-electron chi connectivity index (χ3n) is 1.96. The summed E-state index contributed by atoms with van der Waals surface area (Å²) < 4.78 is 13.0. The Bertz CT molecular complexity index is 400. The van der Waals surface area contributed by atoms with Crippen LogP contribution in [0, 0.1) is 25.1 Å². The monoisotopic (exact) mass is 205 g/mol. The van der Waals surface area contributed by atoms with Crippen molar-refractivity contribution in [3.8, 4) is 12.3 Å². The molecule has 1 aromatic carbocycles. The van der Waals surface area contributed by atoms with Crippen LogP contribution in [0.4, 0.5) is 4.39 Å². The van der Waals surface area contributed by atoms with Gasteiger partial charge in [0, 0.05) is 12.6 Å². The van der Waals surface area contributed by atoms with Crippen molar-refractivity contribution < 1.29 is 9.18 Å². The first-order valence-electron chi connectivity index (χ1n) is 4.50. The van der Waals surface area contributed by atoms with Gasteiger partial charge in [-0.05, 0) is 30.7 Å². The molecule has 0 fully saturated rings. The number of nitrogens with zero attached hydrogens (tertiary/aromatic N) is 1. The molecule has 0 saturated carbocycles. The summed E-state index contributed by atoms with van der Waals surface area (Å²) in [5.74, 6) is 1.68. The largest absolute Gasteiger partial charge is 0.331 e. The van der Waals surface area contributed by atoms with Crippen molar-refractivity contribution in [3.05, 3.63) is 35.1 Å². The molecule has 0 heterocycles. The molecule has 0 aliphatic rings. The number of amides is 1. The fraction of sp³-hybridized carbons (Fsp3) is 0.250.